The third-order valence-electron chi connectivity index (χ3n) is 5.39. The summed E-state index contributed by atoms with van der Waals surface area (Å²) in [5.41, 5.74) is 0.658. The van der Waals surface area contributed by atoms with Gasteiger partial charge in [-0.05, 0) is 32.1 Å². The number of sulfonamides is 1. The van der Waals surface area contributed by atoms with Crippen LogP contribution in [-0.2, 0) is 21.8 Å². The van der Waals surface area contributed by atoms with Gasteiger partial charge in [-0.15, -0.1) is 0 Å². The highest BCUT2D eigenvalue weighted by molar-refractivity contribution is 7.89. The Hall–Kier alpha value is -0.960. The topological polar surface area (TPSA) is 76.5 Å². The second-order valence-corrected chi connectivity index (χ2v) is 8.77. The fourth-order valence-corrected chi connectivity index (χ4v) is 5.21. The van der Waals surface area contributed by atoms with E-state index in [1.54, 1.807) is 18.7 Å². The summed E-state index contributed by atoms with van der Waals surface area (Å²) in [7, 11) is -1.77. The molecule has 2 aliphatic heterocycles. The number of hydrogen-bond donors (Lipinski definition) is 1. The van der Waals surface area contributed by atoms with E-state index in [2.05, 4.69) is 14.7 Å². The Balaban J connectivity index is 1.43. The maximum absolute atomic E-state index is 12.6. The van der Waals surface area contributed by atoms with Crippen molar-refractivity contribution < 1.29 is 13.2 Å². The monoisotopic (exact) mass is 340 g/mol. The van der Waals surface area contributed by atoms with Gasteiger partial charge in [0.05, 0.1) is 24.6 Å². The van der Waals surface area contributed by atoms with Crippen LogP contribution in [0.15, 0.2) is 11.1 Å². The molecule has 4 rings (SSSR count). The second kappa shape index (κ2) is 5.54. The normalized spacial score (nSPS) is 32.2. The summed E-state index contributed by atoms with van der Waals surface area (Å²) >= 11 is 0. The van der Waals surface area contributed by atoms with E-state index in [0.29, 0.717) is 17.8 Å². The van der Waals surface area contributed by atoms with Crippen molar-refractivity contribution in [3.63, 3.8) is 0 Å². The van der Waals surface area contributed by atoms with Gasteiger partial charge in [0.15, 0.2) is 0 Å². The van der Waals surface area contributed by atoms with Crippen LogP contribution in [0.5, 0.6) is 0 Å². The Morgan fingerprint density at radius 2 is 2.13 bits per heavy atom. The third kappa shape index (κ3) is 2.93. The Kier molecular flexibility index (Phi) is 3.75. The van der Waals surface area contributed by atoms with E-state index < -0.39 is 10.0 Å². The lowest BCUT2D eigenvalue weighted by atomic mass is 10.1. The highest BCUT2D eigenvalue weighted by Gasteiger charge is 2.43. The van der Waals surface area contributed by atoms with Crippen molar-refractivity contribution >= 4 is 10.0 Å². The van der Waals surface area contributed by atoms with Gasteiger partial charge >= 0.3 is 0 Å². The molecule has 0 radical (unpaired) electrons. The van der Waals surface area contributed by atoms with Gasteiger partial charge in [0, 0.05) is 32.2 Å². The van der Waals surface area contributed by atoms with Crippen LogP contribution in [0.1, 0.15) is 25.0 Å². The first kappa shape index (κ1) is 15.6. The first-order valence-electron chi connectivity index (χ1n) is 8.30. The molecule has 0 bridgehead atoms. The molecule has 1 aromatic rings. The molecule has 1 N–H and O–H groups in total. The highest BCUT2D eigenvalue weighted by atomic mass is 32.2. The van der Waals surface area contributed by atoms with Crippen molar-refractivity contribution in [3.8, 4) is 0 Å². The Morgan fingerprint density at radius 1 is 1.35 bits per heavy atom. The first-order valence-corrected chi connectivity index (χ1v) is 9.79. The zero-order valence-electron chi connectivity index (χ0n) is 13.6. The van der Waals surface area contributed by atoms with Crippen LogP contribution in [0.25, 0.3) is 0 Å². The lowest BCUT2D eigenvalue weighted by Crippen LogP contribution is -2.47. The molecule has 0 aromatic carbocycles. The largest absolute Gasteiger partial charge is 0.375 e. The first-order chi connectivity index (χ1) is 10.9. The van der Waals surface area contributed by atoms with Crippen LogP contribution in [0, 0.1) is 12.8 Å². The fourth-order valence-electron chi connectivity index (χ4n) is 3.76. The van der Waals surface area contributed by atoms with Gasteiger partial charge in [0.25, 0.3) is 0 Å². The number of hydrogen-bond acceptors (Lipinski definition) is 5. The van der Waals surface area contributed by atoms with Gasteiger partial charge < -0.3 is 4.74 Å². The number of aryl methyl sites for hydroxylation is 1. The SMILES string of the molecule is Cc1c(S(=O)(=O)N[C@H]2C[C@H]3CO[C@@H](C4CC4)CN3C2)cnn1C. The van der Waals surface area contributed by atoms with Crippen molar-refractivity contribution in [1.82, 2.24) is 19.4 Å². The molecule has 3 atom stereocenters. The molecule has 128 valence electrons. The molecule has 7 nitrogen and oxygen atoms in total. The smallest absolute Gasteiger partial charge is 0.244 e. The summed E-state index contributed by atoms with van der Waals surface area (Å²) in [6.45, 7) is 4.22. The molecule has 3 aliphatic rings. The minimum absolute atomic E-state index is 0.0499. The van der Waals surface area contributed by atoms with E-state index >= 15 is 0 Å². The number of fused-ring (bicyclic) bond motifs is 1. The zero-order valence-corrected chi connectivity index (χ0v) is 14.4. The maximum Gasteiger partial charge on any atom is 0.244 e. The van der Waals surface area contributed by atoms with Crippen molar-refractivity contribution in [2.75, 3.05) is 19.7 Å². The summed E-state index contributed by atoms with van der Waals surface area (Å²) < 4.78 is 35.6. The van der Waals surface area contributed by atoms with E-state index in [4.69, 9.17) is 4.74 Å². The predicted octanol–water partition coefficient (Wildman–Crippen LogP) is 0.259. The molecule has 1 aromatic heterocycles. The van der Waals surface area contributed by atoms with E-state index in [-0.39, 0.29) is 10.9 Å². The van der Waals surface area contributed by atoms with E-state index in [9.17, 15) is 8.42 Å². The summed E-state index contributed by atoms with van der Waals surface area (Å²) in [5, 5.41) is 4.03. The van der Waals surface area contributed by atoms with Crippen LogP contribution in [0.4, 0.5) is 0 Å². The number of nitrogens with zero attached hydrogens (tertiary/aromatic N) is 3. The minimum atomic E-state index is -3.51. The molecule has 0 unspecified atom stereocenters. The lowest BCUT2D eigenvalue weighted by molar-refractivity contribution is -0.0581. The average molecular weight is 340 g/mol. The molecule has 8 heteroatoms. The van der Waals surface area contributed by atoms with Gasteiger partial charge in [-0.3, -0.25) is 9.58 Å². The molecule has 1 saturated carbocycles. The van der Waals surface area contributed by atoms with Crippen LogP contribution < -0.4 is 4.72 Å². The van der Waals surface area contributed by atoms with E-state index in [1.165, 1.54) is 19.0 Å². The molecular formula is C15H24N4O3S. The number of ether oxygens (including phenoxy) is 1. The van der Waals surface area contributed by atoms with E-state index in [0.717, 1.165) is 32.0 Å². The summed E-state index contributed by atoms with van der Waals surface area (Å²) in [6.07, 6.45) is 5.14. The molecular weight excluding hydrogens is 316 g/mol. The van der Waals surface area contributed by atoms with Crippen molar-refractivity contribution in [2.45, 2.75) is 49.3 Å². The lowest BCUT2D eigenvalue weighted by Gasteiger charge is -2.35. The number of morpholine rings is 1. The predicted molar refractivity (Wildman–Crippen MR) is 84.5 cm³/mol. The molecule has 23 heavy (non-hydrogen) atoms. The Morgan fingerprint density at radius 3 is 2.78 bits per heavy atom. The number of aromatic nitrogens is 2. The highest BCUT2D eigenvalue weighted by Crippen LogP contribution is 2.38. The second-order valence-electron chi connectivity index (χ2n) is 7.09. The fraction of sp³-hybridized carbons (Fsp3) is 0.800. The van der Waals surface area contributed by atoms with Crippen molar-refractivity contribution in [3.05, 3.63) is 11.9 Å². The molecule has 1 aliphatic carbocycles. The van der Waals surface area contributed by atoms with Crippen molar-refractivity contribution in [2.24, 2.45) is 13.0 Å². The van der Waals surface area contributed by atoms with Crippen molar-refractivity contribution in [1.29, 1.82) is 0 Å². The van der Waals surface area contributed by atoms with Gasteiger partial charge in [0.2, 0.25) is 10.0 Å². The molecule has 3 heterocycles. The van der Waals surface area contributed by atoms with Crippen LogP contribution in [0.3, 0.4) is 0 Å². The third-order valence-corrected chi connectivity index (χ3v) is 7.02. The van der Waals surface area contributed by atoms with E-state index in [1.807, 2.05) is 0 Å². The minimum Gasteiger partial charge on any atom is -0.375 e. The molecule has 0 spiro atoms. The Labute approximate surface area is 137 Å². The van der Waals surface area contributed by atoms with Gasteiger partial charge in [-0.25, -0.2) is 13.1 Å². The van der Waals surface area contributed by atoms with Crippen LogP contribution in [-0.4, -0.2) is 61.0 Å². The molecule has 3 fully saturated rings. The van der Waals surface area contributed by atoms with Gasteiger partial charge in [-0.2, -0.15) is 5.10 Å². The van der Waals surface area contributed by atoms with Gasteiger partial charge in [-0.1, -0.05) is 0 Å². The zero-order chi connectivity index (χ0) is 16.2. The molecule has 2 saturated heterocycles. The Bertz CT molecular complexity index is 698. The summed E-state index contributed by atoms with van der Waals surface area (Å²) in [6, 6.07) is 0.291. The number of rotatable bonds is 4. The van der Waals surface area contributed by atoms with Crippen LogP contribution >= 0.6 is 0 Å². The standard InChI is InChI=1S/C15H24N4O3S/c1-10-15(6-16-18(10)2)23(20,21)17-12-5-13-9-22-14(11-3-4-11)8-19(13)7-12/h6,11-14,17H,3-5,7-9H2,1-2H3/t12-,13-,14+/m0/s1. The average Bonchev–Trinajstić information content (AvgIpc) is 3.18. The number of nitrogens with one attached hydrogen (secondary N) is 1. The van der Waals surface area contributed by atoms with Crippen LogP contribution in [0.2, 0.25) is 0 Å². The van der Waals surface area contributed by atoms with Gasteiger partial charge in [0.1, 0.15) is 4.90 Å². The molecule has 0 amide bonds. The quantitative estimate of drug-likeness (QED) is 0.851. The summed E-state index contributed by atoms with van der Waals surface area (Å²) in [4.78, 5) is 2.67. The summed E-state index contributed by atoms with van der Waals surface area (Å²) in [5.74, 6) is 0.727. The maximum atomic E-state index is 12.6.